The highest BCUT2D eigenvalue weighted by molar-refractivity contribution is 5.51. The van der Waals surface area contributed by atoms with Crippen molar-refractivity contribution in [3.63, 3.8) is 0 Å². The second-order valence-electron chi connectivity index (χ2n) is 6.00. The zero-order valence-corrected chi connectivity index (χ0v) is 13.2. The quantitative estimate of drug-likeness (QED) is 0.528. The van der Waals surface area contributed by atoms with Gasteiger partial charge in [-0.1, -0.05) is 9.61 Å². The van der Waals surface area contributed by atoms with E-state index in [2.05, 4.69) is 10.1 Å². The van der Waals surface area contributed by atoms with E-state index in [1.165, 1.54) is 17.0 Å². The summed E-state index contributed by atoms with van der Waals surface area (Å²) in [6.45, 7) is -0.0817. The molecule has 1 saturated heterocycles. The summed E-state index contributed by atoms with van der Waals surface area (Å²) in [4.78, 5) is 15.8. The molecule has 1 aromatic carbocycles. The molecule has 1 fully saturated rings. The van der Waals surface area contributed by atoms with Gasteiger partial charge in [0.2, 0.25) is 5.65 Å². The molecule has 3 aromatic rings. The maximum atomic E-state index is 14.2. The first kappa shape index (κ1) is 16.3. The minimum Gasteiger partial charge on any atom is -0.358 e. The Hall–Kier alpha value is -3.17. The summed E-state index contributed by atoms with van der Waals surface area (Å²) >= 11 is 0. The van der Waals surface area contributed by atoms with Crippen molar-refractivity contribution in [1.29, 1.82) is 0 Å². The third-order valence-corrected chi connectivity index (χ3v) is 4.38. The minimum atomic E-state index is -1.27. The van der Waals surface area contributed by atoms with Gasteiger partial charge in [-0.15, -0.1) is 0 Å². The lowest BCUT2D eigenvalue weighted by molar-refractivity contribution is -0.391. The van der Waals surface area contributed by atoms with Crippen molar-refractivity contribution in [3.05, 3.63) is 63.8 Å². The van der Waals surface area contributed by atoms with Crippen molar-refractivity contribution in [2.75, 3.05) is 11.4 Å². The van der Waals surface area contributed by atoms with Crippen LogP contribution in [0.25, 0.3) is 5.65 Å². The first-order valence-corrected chi connectivity index (χ1v) is 7.79. The summed E-state index contributed by atoms with van der Waals surface area (Å²) in [5, 5.41) is 15.2. The van der Waals surface area contributed by atoms with E-state index in [0.717, 1.165) is 28.9 Å². The van der Waals surface area contributed by atoms with E-state index in [9.17, 15) is 23.3 Å². The Labute approximate surface area is 144 Å². The monoisotopic (exact) mass is 363 g/mol. The van der Waals surface area contributed by atoms with Crippen molar-refractivity contribution in [3.8, 4) is 0 Å². The number of benzene rings is 1. The number of hydrogen-bond acceptors (Lipinski definition) is 5. The lowest BCUT2D eigenvalue weighted by Crippen LogP contribution is -2.26. The number of hydrogen-bond donors (Lipinski definition) is 0. The molecule has 3 heterocycles. The number of anilines is 1. The Bertz CT molecular complexity index is 1010. The molecule has 10 heteroatoms. The number of nitrogens with zero attached hydrogens (tertiary/aromatic N) is 5. The van der Waals surface area contributed by atoms with Crippen molar-refractivity contribution in [2.45, 2.75) is 18.6 Å². The molecule has 2 atom stereocenters. The number of nitro groups is 1. The van der Waals surface area contributed by atoms with Gasteiger partial charge in [0.05, 0.1) is 12.6 Å². The Balaban J connectivity index is 1.80. The summed E-state index contributed by atoms with van der Waals surface area (Å²) in [7, 11) is 0. The van der Waals surface area contributed by atoms with Crippen LogP contribution in [0.5, 0.6) is 0 Å². The fourth-order valence-electron chi connectivity index (χ4n) is 3.23. The van der Waals surface area contributed by atoms with Crippen LogP contribution in [-0.2, 0) is 0 Å². The topological polar surface area (TPSA) is 76.6 Å². The molecule has 0 bridgehead atoms. The number of rotatable bonds is 3. The highest BCUT2D eigenvalue weighted by atomic mass is 19.1. The fourth-order valence-corrected chi connectivity index (χ4v) is 3.23. The maximum Gasteiger partial charge on any atom is 0.368 e. The summed E-state index contributed by atoms with van der Waals surface area (Å²) < 4.78 is 42.8. The van der Waals surface area contributed by atoms with Crippen LogP contribution in [0.4, 0.5) is 24.8 Å². The SMILES string of the molecule is O=[N+]([O-])c1cnc2ccc(N3C[C@@H](F)C[C@@H]3c3cc(F)ccc3F)nn12. The first-order valence-electron chi connectivity index (χ1n) is 7.79. The number of imidazole rings is 1. The van der Waals surface area contributed by atoms with Gasteiger partial charge >= 0.3 is 5.82 Å². The van der Waals surface area contributed by atoms with Crippen LogP contribution < -0.4 is 4.90 Å². The third kappa shape index (κ3) is 2.63. The second-order valence-corrected chi connectivity index (χ2v) is 6.00. The average Bonchev–Trinajstić information content (AvgIpc) is 3.19. The molecule has 0 unspecified atom stereocenters. The standard InChI is InChI=1S/C16H12F3N5O2/c17-9-1-2-12(19)11(5-9)13-6-10(18)8-22(13)15-4-3-14-20-7-16(24(25)26)23(14)21-15/h1-5,7,10,13H,6,8H2/t10-,13+/m0/s1. The number of aromatic nitrogens is 3. The molecule has 134 valence electrons. The molecule has 7 nitrogen and oxygen atoms in total. The highest BCUT2D eigenvalue weighted by Gasteiger charge is 2.36. The maximum absolute atomic E-state index is 14.2. The molecule has 1 aliphatic heterocycles. The van der Waals surface area contributed by atoms with Crippen LogP contribution in [0.15, 0.2) is 36.5 Å². The zero-order chi connectivity index (χ0) is 18.4. The summed E-state index contributed by atoms with van der Waals surface area (Å²) in [6, 6.07) is 5.26. The van der Waals surface area contributed by atoms with Gasteiger partial charge < -0.3 is 15.0 Å². The average molecular weight is 363 g/mol. The van der Waals surface area contributed by atoms with Gasteiger partial charge in [-0.3, -0.25) is 0 Å². The van der Waals surface area contributed by atoms with Crippen molar-refractivity contribution >= 4 is 17.3 Å². The van der Waals surface area contributed by atoms with Crippen LogP contribution in [0, 0.1) is 21.7 Å². The zero-order valence-electron chi connectivity index (χ0n) is 13.2. The number of fused-ring (bicyclic) bond motifs is 1. The lowest BCUT2D eigenvalue weighted by atomic mass is 10.0. The van der Waals surface area contributed by atoms with Crippen molar-refractivity contribution in [1.82, 2.24) is 14.6 Å². The van der Waals surface area contributed by atoms with Crippen molar-refractivity contribution < 1.29 is 18.1 Å². The van der Waals surface area contributed by atoms with Crippen molar-refractivity contribution in [2.24, 2.45) is 0 Å². The minimum absolute atomic E-state index is 0.0205. The van der Waals surface area contributed by atoms with E-state index in [0.29, 0.717) is 0 Å². The Kier molecular flexibility index (Phi) is 3.74. The molecule has 2 aromatic heterocycles. The highest BCUT2D eigenvalue weighted by Crippen LogP contribution is 2.38. The third-order valence-electron chi connectivity index (χ3n) is 4.38. The molecule has 0 N–H and O–H groups in total. The van der Waals surface area contributed by atoms with Gasteiger partial charge in [0.25, 0.3) is 0 Å². The van der Waals surface area contributed by atoms with E-state index in [1.54, 1.807) is 0 Å². The summed E-state index contributed by atoms with van der Waals surface area (Å²) in [6.07, 6.45) is -0.234. The fraction of sp³-hybridized carbons (Fsp3) is 0.250. The van der Waals surface area contributed by atoms with Crippen LogP contribution in [0.1, 0.15) is 18.0 Å². The lowest BCUT2D eigenvalue weighted by Gasteiger charge is -2.25. The Morgan fingerprint density at radius 3 is 2.81 bits per heavy atom. The van der Waals surface area contributed by atoms with Gasteiger partial charge in [0.1, 0.15) is 24.0 Å². The van der Waals surface area contributed by atoms with E-state index in [4.69, 9.17) is 0 Å². The summed E-state index contributed by atoms with van der Waals surface area (Å²) in [5.41, 5.74) is 0.275. The molecule has 0 spiro atoms. The molecule has 0 radical (unpaired) electrons. The molecule has 0 amide bonds. The Morgan fingerprint density at radius 2 is 2.04 bits per heavy atom. The van der Waals surface area contributed by atoms with E-state index in [-0.39, 0.29) is 35.8 Å². The molecule has 26 heavy (non-hydrogen) atoms. The molecule has 1 aliphatic rings. The molecular weight excluding hydrogens is 351 g/mol. The molecule has 0 saturated carbocycles. The smallest absolute Gasteiger partial charge is 0.358 e. The first-order chi connectivity index (χ1) is 12.4. The largest absolute Gasteiger partial charge is 0.368 e. The van der Waals surface area contributed by atoms with E-state index < -0.39 is 28.8 Å². The predicted octanol–water partition coefficient (Wildman–Crippen LogP) is 3.21. The normalized spacial score (nSPS) is 20.0. The van der Waals surface area contributed by atoms with Crippen LogP contribution >= 0.6 is 0 Å². The van der Waals surface area contributed by atoms with Gasteiger partial charge in [-0.25, -0.2) is 18.2 Å². The Morgan fingerprint density at radius 1 is 1.23 bits per heavy atom. The number of halogens is 3. The van der Waals surface area contributed by atoms with Crippen LogP contribution in [0.3, 0.4) is 0 Å². The van der Waals surface area contributed by atoms with Crippen LogP contribution in [-0.4, -0.2) is 32.2 Å². The molecular formula is C16H12F3N5O2. The number of alkyl halides is 1. The van der Waals surface area contributed by atoms with Crippen LogP contribution in [0.2, 0.25) is 0 Å². The summed E-state index contributed by atoms with van der Waals surface area (Å²) in [5.74, 6) is -1.40. The van der Waals surface area contributed by atoms with E-state index >= 15 is 0 Å². The second kappa shape index (κ2) is 5.97. The molecule has 0 aliphatic carbocycles. The predicted molar refractivity (Wildman–Crippen MR) is 85.6 cm³/mol. The van der Waals surface area contributed by atoms with E-state index in [1.807, 2.05) is 0 Å². The molecule has 4 rings (SSSR count). The van der Waals surface area contributed by atoms with Gasteiger partial charge in [-0.2, -0.15) is 0 Å². The van der Waals surface area contributed by atoms with Gasteiger partial charge in [-0.05, 0) is 29.2 Å². The van der Waals surface area contributed by atoms with Gasteiger partial charge in [0.15, 0.2) is 5.82 Å². The van der Waals surface area contributed by atoms with Gasteiger partial charge in [0, 0.05) is 18.1 Å².